The van der Waals surface area contributed by atoms with Crippen molar-refractivity contribution in [2.45, 2.75) is 19.4 Å². The predicted molar refractivity (Wildman–Crippen MR) is 111 cm³/mol. The summed E-state index contributed by atoms with van der Waals surface area (Å²) in [6.45, 7) is 2.10. The van der Waals surface area contributed by atoms with Crippen LogP contribution in [0.5, 0.6) is 5.75 Å². The second kappa shape index (κ2) is 8.40. The minimum absolute atomic E-state index is 0.0910. The van der Waals surface area contributed by atoms with Crippen molar-refractivity contribution < 1.29 is 14.3 Å². The number of nitrogens with zero attached hydrogens (tertiary/aromatic N) is 3. The number of nitrogens with one attached hydrogen (secondary N) is 4. The maximum absolute atomic E-state index is 12.5. The van der Waals surface area contributed by atoms with Crippen LogP contribution in [0.15, 0.2) is 24.3 Å². The molecule has 160 valence electrons. The van der Waals surface area contributed by atoms with Gasteiger partial charge in [-0.05, 0) is 25.1 Å². The van der Waals surface area contributed by atoms with Gasteiger partial charge >= 0.3 is 0 Å². The molecule has 0 spiro atoms. The highest BCUT2D eigenvalue weighted by Crippen LogP contribution is 2.27. The number of aromatic nitrogens is 2. The highest BCUT2D eigenvalue weighted by molar-refractivity contribution is 6.35. The molecular weight excluding hydrogens is 433 g/mol. The van der Waals surface area contributed by atoms with Crippen molar-refractivity contribution >= 4 is 40.8 Å². The van der Waals surface area contributed by atoms with Gasteiger partial charge in [0.05, 0.1) is 22.8 Å². The zero-order valence-corrected chi connectivity index (χ0v) is 17.8. The lowest BCUT2D eigenvalue weighted by molar-refractivity contribution is -0.131. The summed E-state index contributed by atoms with van der Waals surface area (Å²) in [5, 5.41) is 16.0. The van der Waals surface area contributed by atoms with E-state index in [2.05, 4.69) is 26.5 Å². The molecule has 30 heavy (non-hydrogen) atoms. The van der Waals surface area contributed by atoms with E-state index in [1.54, 1.807) is 25.1 Å². The standard InChI is InChI=1S/C18H21Cl2N7O3/c1-9-5-14(22-15(28)8-30-13-4-3-10(19)6-12(13)20)27(25-9)18-23-16-11(17(29)24-18)7-21-26(16)2/h3-6,11,16,18,21,23H,7-8H2,1-2H3,(H,22,28)(H,24,29). The number of hydrogen-bond acceptors (Lipinski definition) is 7. The summed E-state index contributed by atoms with van der Waals surface area (Å²) in [4.78, 5) is 24.9. The van der Waals surface area contributed by atoms with Gasteiger partial charge in [0.2, 0.25) is 5.91 Å². The first-order chi connectivity index (χ1) is 14.3. The van der Waals surface area contributed by atoms with Crippen LogP contribution in [0, 0.1) is 12.8 Å². The molecule has 0 bridgehead atoms. The van der Waals surface area contributed by atoms with E-state index in [0.29, 0.717) is 33.9 Å². The van der Waals surface area contributed by atoms with E-state index in [1.807, 2.05) is 12.1 Å². The van der Waals surface area contributed by atoms with Crippen LogP contribution in [0.25, 0.3) is 0 Å². The normalized spacial score (nSPS) is 23.7. The van der Waals surface area contributed by atoms with Gasteiger partial charge < -0.3 is 15.4 Å². The van der Waals surface area contributed by atoms with Crippen molar-refractivity contribution in [2.24, 2.45) is 5.92 Å². The molecule has 3 unspecified atom stereocenters. The van der Waals surface area contributed by atoms with Crippen LogP contribution in [-0.2, 0) is 9.59 Å². The zero-order chi connectivity index (χ0) is 21.4. The smallest absolute Gasteiger partial charge is 0.263 e. The number of anilines is 1. The number of amides is 2. The third-order valence-electron chi connectivity index (χ3n) is 4.93. The number of aryl methyl sites for hydroxylation is 1. The molecule has 4 N–H and O–H groups in total. The fraction of sp³-hybridized carbons (Fsp3) is 0.389. The molecule has 4 rings (SSSR count). The Morgan fingerprint density at radius 3 is 2.93 bits per heavy atom. The fourth-order valence-corrected chi connectivity index (χ4v) is 3.95. The molecule has 0 saturated carbocycles. The summed E-state index contributed by atoms with van der Waals surface area (Å²) in [6, 6.07) is 6.47. The first kappa shape index (κ1) is 20.9. The van der Waals surface area contributed by atoms with Crippen molar-refractivity contribution in [3.63, 3.8) is 0 Å². The molecule has 3 heterocycles. The second-order valence-corrected chi connectivity index (χ2v) is 7.97. The summed E-state index contributed by atoms with van der Waals surface area (Å²) in [6.07, 6.45) is -0.802. The van der Waals surface area contributed by atoms with E-state index in [9.17, 15) is 9.59 Å². The molecule has 0 aliphatic carbocycles. The lowest BCUT2D eigenvalue weighted by Crippen LogP contribution is -2.61. The molecule has 2 aromatic rings. The van der Waals surface area contributed by atoms with Crippen LogP contribution in [0.4, 0.5) is 5.82 Å². The van der Waals surface area contributed by atoms with E-state index in [4.69, 9.17) is 27.9 Å². The number of carbonyl (C=O) groups is 2. The molecular formula is C18H21Cl2N7O3. The maximum atomic E-state index is 12.5. The summed E-state index contributed by atoms with van der Waals surface area (Å²) in [5.41, 5.74) is 3.81. The zero-order valence-electron chi connectivity index (χ0n) is 16.3. The van der Waals surface area contributed by atoms with Crippen LogP contribution < -0.4 is 26.1 Å². The number of rotatable bonds is 5. The monoisotopic (exact) mass is 453 g/mol. The molecule has 10 nitrogen and oxygen atoms in total. The van der Waals surface area contributed by atoms with E-state index in [-0.39, 0.29) is 24.6 Å². The van der Waals surface area contributed by atoms with Crippen LogP contribution in [0.1, 0.15) is 12.0 Å². The Balaban J connectivity index is 1.44. The topological polar surface area (TPSA) is 113 Å². The van der Waals surface area contributed by atoms with Crippen molar-refractivity contribution in [2.75, 3.05) is 25.5 Å². The first-order valence-corrected chi connectivity index (χ1v) is 10.0. The lowest BCUT2D eigenvalue weighted by atomic mass is 10.1. The lowest BCUT2D eigenvalue weighted by Gasteiger charge is -2.35. The quantitative estimate of drug-likeness (QED) is 0.535. The molecule has 1 aromatic heterocycles. The Labute approximate surface area is 182 Å². The number of carbonyl (C=O) groups excluding carboxylic acids is 2. The van der Waals surface area contributed by atoms with Crippen LogP contribution >= 0.6 is 23.2 Å². The number of benzene rings is 1. The van der Waals surface area contributed by atoms with Crippen LogP contribution in [0.2, 0.25) is 10.0 Å². The highest BCUT2D eigenvalue weighted by Gasteiger charge is 2.43. The van der Waals surface area contributed by atoms with E-state index < -0.39 is 12.2 Å². The molecule has 1 aromatic carbocycles. The Morgan fingerprint density at radius 1 is 1.37 bits per heavy atom. The molecule has 2 aliphatic rings. The van der Waals surface area contributed by atoms with Gasteiger partial charge in [-0.25, -0.2) is 9.69 Å². The Kier molecular flexibility index (Phi) is 5.85. The number of halogens is 2. The SMILES string of the molecule is Cc1cc(NC(=O)COc2ccc(Cl)cc2Cl)n(C2NC(=O)C3CNN(C)C3N2)n1. The number of fused-ring (bicyclic) bond motifs is 1. The van der Waals surface area contributed by atoms with Gasteiger partial charge in [0, 0.05) is 24.7 Å². The maximum Gasteiger partial charge on any atom is 0.263 e. The van der Waals surface area contributed by atoms with Crippen molar-refractivity contribution in [3.8, 4) is 5.75 Å². The minimum atomic E-state index is -0.614. The third-order valence-corrected chi connectivity index (χ3v) is 5.46. The van der Waals surface area contributed by atoms with E-state index >= 15 is 0 Å². The first-order valence-electron chi connectivity index (χ1n) is 9.28. The van der Waals surface area contributed by atoms with Crippen molar-refractivity contribution in [1.82, 2.24) is 30.8 Å². The molecule has 2 amide bonds. The number of hydrazine groups is 1. The Morgan fingerprint density at radius 2 is 2.17 bits per heavy atom. The largest absolute Gasteiger partial charge is 0.482 e. The van der Waals surface area contributed by atoms with Gasteiger partial charge in [0.25, 0.3) is 5.91 Å². The molecule has 2 fully saturated rings. The van der Waals surface area contributed by atoms with E-state index in [1.165, 1.54) is 10.7 Å². The average molecular weight is 454 g/mol. The Bertz CT molecular complexity index is 983. The van der Waals surface area contributed by atoms with Gasteiger partial charge in [0.15, 0.2) is 12.9 Å². The van der Waals surface area contributed by atoms with Gasteiger partial charge in [-0.1, -0.05) is 23.2 Å². The summed E-state index contributed by atoms with van der Waals surface area (Å²) in [5.74, 6) is 0.0742. The van der Waals surface area contributed by atoms with Gasteiger partial charge in [0.1, 0.15) is 11.6 Å². The van der Waals surface area contributed by atoms with Crippen molar-refractivity contribution in [3.05, 3.63) is 40.0 Å². The summed E-state index contributed by atoms with van der Waals surface area (Å²) >= 11 is 11.9. The van der Waals surface area contributed by atoms with E-state index in [0.717, 1.165) is 0 Å². The van der Waals surface area contributed by atoms with Crippen LogP contribution in [0.3, 0.4) is 0 Å². The minimum Gasteiger partial charge on any atom is -0.482 e. The summed E-state index contributed by atoms with van der Waals surface area (Å²) < 4.78 is 7.00. The third kappa shape index (κ3) is 4.23. The van der Waals surface area contributed by atoms with Gasteiger partial charge in [-0.2, -0.15) is 5.10 Å². The summed E-state index contributed by atoms with van der Waals surface area (Å²) in [7, 11) is 1.86. The molecule has 12 heteroatoms. The number of hydrogen-bond donors (Lipinski definition) is 4. The molecule has 2 saturated heterocycles. The second-order valence-electron chi connectivity index (χ2n) is 7.13. The predicted octanol–water partition coefficient (Wildman–Crippen LogP) is 1.08. The molecule has 3 atom stereocenters. The molecule has 2 aliphatic heterocycles. The Hall–Kier alpha value is -2.37. The van der Waals surface area contributed by atoms with Crippen LogP contribution in [-0.4, -0.2) is 53.0 Å². The number of ether oxygens (including phenoxy) is 1. The van der Waals surface area contributed by atoms with Gasteiger partial charge in [-0.3, -0.25) is 20.3 Å². The highest BCUT2D eigenvalue weighted by atomic mass is 35.5. The fourth-order valence-electron chi connectivity index (χ4n) is 3.48. The van der Waals surface area contributed by atoms with Crippen molar-refractivity contribution in [1.29, 1.82) is 0 Å². The average Bonchev–Trinajstić information content (AvgIpc) is 3.24. The van der Waals surface area contributed by atoms with Gasteiger partial charge in [-0.15, -0.1) is 0 Å². The molecule has 0 radical (unpaired) electrons.